The summed E-state index contributed by atoms with van der Waals surface area (Å²) in [5, 5.41) is 0. The van der Waals surface area contributed by atoms with E-state index in [2.05, 4.69) is 56.5 Å². The van der Waals surface area contributed by atoms with Crippen LogP contribution in [0, 0.1) is 0 Å². The molecule has 6 heteroatoms. The molecule has 104 valence electrons. The molecule has 1 aromatic heterocycles. The molecule has 1 aliphatic heterocycles. The Balaban J connectivity index is 1.82. The van der Waals surface area contributed by atoms with Crippen LogP contribution in [-0.2, 0) is 6.54 Å². The number of aromatic nitrogens is 2. The van der Waals surface area contributed by atoms with Gasteiger partial charge in [0.1, 0.15) is 0 Å². The fourth-order valence-electron chi connectivity index (χ4n) is 2.44. The summed E-state index contributed by atoms with van der Waals surface area (Å²) in [5.41, 5.74) is 5.92. The van der Waals surface area contributed by atoms with Crippen molar-refractivity contribution in [3.8, 4) is 0 Å². The van der Waals surface area contributed by atoms with Gasteiger partial charge in [0.15, 0.2) is 5.82 Å². The highest BCUT2D eigenvalue weighted by molar-refractivity contribution is 5.73. The molecule has 0 radical (unpaired) electrons. The van der Waals surface area contributed by atoms with Crippen LogP contribution >= 0.6 is 0 Å². The Bertz CT molecular complexity index is 582. The molecule has 0 saturated heterocycles. The second kappa shape index (κ2) is 5.34. The minimum atomic E-state index is 0.576. The highest BCUT2D eigenvalue weighted by Crippen LogP contribution is 2.32. The minimum Gasteiger partial charge on any atom is -0.371 e. The predicted molar refractivity (Wildman–Crippen MR) is 80.6 cm³/mol. The molecule has 0 unspecified atom stereocenters. The first-order valence-electron chi connectivity index (χ1n) is 6.60. The monoisotopic (exact) mass is 270 g/mol. The molecule has 0 aliphatic carbocycles. The summed E-state index contributed by atoms with van der Waals surface area (Å²) in [5.74, 6) is 5.87. The number of nitrogens with two attached hydrogens (primary N) is 1. The lowest BCUT2D eigenvalue weighted by molar-refractivity contribution is 0.723. The standard InChI is InChI=1S/C14H18N6/c1-19-6-7-20(13-5-3-2-4-12(13)19)10-11-8-17-14(18-15)9-16-11/h2-5,8-9H,6-7,10,15H2,1H3,(H,17,18). The summed E-state index contributed by atoms with van der Waals surface area (Å²) < 4.78 is 0. The normalized spacial score (nSPS) is 14.1. The first-order chi connectivity index (χ1) is 9.78. The summed E-state index contributed by atoms with van der Waals surface area (Å²) >= 11 is 0. The predicted octanol–water partition coefficient (Wildman–Crippen LogP) is 1.22. The maximum Gasteiger partial charge on any atom is 0.158 e. The zero-order chi connectivity index (χ0) is 13.9. The SMILES string of the molecule is CN1CCN(Cc2cnc(NN)cn2)c2ccccc21. The third-order valence-corrected chi connectivity index (χ3v) is 3.55. The zero-order valence-electron chi connectivity index (χ0n) is 11.5. The molecular weight excluding hydrogens is 252 g/mol. The van der Waals surface area contributed by atoms with E-state index in [4.69, 9.17) is 5.84 Å². The van der Waals surface area contributed by atoms with Crippen molar-refractivity contribution in [3.63, 3.8) is 0 Å². The van der Waals surface area contributed by atoms with E-state index in [0.717, 1.165) is 25.3 Å². The summed E-state index contributed by atoms with van der Waals surface area (Å²) in [4.78, 5) is 13.2. The van der Waals surface area contributed by atoms with E-state index in [9.17, 15) is 0 Å². The van der Waals surface area contributed by atoms with Crippen molar-refractivity contribution in [3.05, 3.63) is 42.4 Å². The van der Waals surface area contributed by atoms with Gasteiger partial charge in [0.25, 0.3) is 0 Å². The van der Waals surface area contributed by atoms with Gasteiger partial charge in [-0.2, -0.15) is 0 Å². The van der Waals surface area contributed by atoms with Crippen molar-refractivity contribution in [2.75, 3.05) is 35.4 Å². The van der Waals surface area contributed by atoms with Crippen LogP contribution in [0.1, 0.15) is 5.69 Å². The van der Waals surface area contributed by atoms with Crippen molar-refractivity contribution >= 4 is 17.2 Å². The molecule has 0 fully saturated rings. The molecule has 0 saturated carbocycles. The number of hydrogen-bond donors (Lipinski definition) is 2. The number of nitrogens with zero attached hydrogens (tertiary/aromatic N) is 4. The summed E-state index contributed by atoms with van der Waals surface area (Å²) in [7, 11) is 2.12. The Hall–Kier alpha value is -2.34. The number of para-hydroxylation sites is 2. The van der Waals surface area contributed by atoms with E-state index in [1.54, 1.807) is 12.4 Å². The molecule has 0 atom stereocenters. The van der Waals surface area contributed by atoms with Crippen LogP contribution in [0.3, 0.4) is 0 Å². The lowest BCUT2D eigenvalue weighted by atomic mass is 10.1. The molecule has 1 aliphatic rings. The summed E-state index contributed by atoms with van der Waals surface area (Å²) in [6.45, 7) is 2.74. The van der Waals surface area contributed by atoms with Gasteiger partial charge in [-0.3, -0.25) is 4.98 Å². The molecule has 0 amide bonds. The molecule has 2 heterocycles. The highest BCUT2D eigenvalue weighted by atomic mass is 15.3. The van der Waals surface area contributed by atoms with Gasteiger partial charge < -0.3 is 15.2 Å². The van der Waals surface area contributed by atoms with Gasteiger partial charge in [-0.05, 0) is 12.1 Å². The van der Waals surface area contributed by atoms with E-state index in [0.29, 0.717) is 5.82 Å². The van der Waals surface area contributed by atoms with Crippen LogP contribution in [0.15, 0.2) is 36.7 Å². The van der Waals surface area contributed by atoms with Crippen LogP contribution in [0.5, 0.6) is 0 Å². The van der Waals surface area contributed by atoms with Crippen molar-refractivity contribution in [2.24, 2.45) is 5.84 Å². The van der Waals surface area contributed by atoms with E-state index < -0.39 is 0 Å². The number of likely N-dealkylation sites (N-methyl/N-ethyl adjacent to an activating group) is 1. The number of anilines is 3. The van der Waals surface area contributed by atoms with Crippen LogP contribution in [0.4, 0.5) is 17.2 Å². The van der Waals surface area contributed by atoms with Crippen LogP contribution in [-0.4, -0.2) is 30.1 Å². The van der Waals surface area contributed by atoms with Gasteiger partial charge in [-0.1, -0.05) is 12.1 Å². The topological polar surface area (TPSA) is 70.3 Å². The summed E-state index contributed by atoms with van der Waals surface area (Å²) in [6, 6.07) is 8.43. The van der Waals surface area contributed by atoms with E-state index in [1.807, 2.05) is 0 Å². The fourth-order valence-corrected chi connectivity index (χ4v) is 2.44. The van der Waals surface area contributed by atoms with E-state index >= 15 is 0 Å². The molecule has 6 nitrogen and oxygen atoms in total. The van der Waals surface area contributed by atoms with Gasteiger partial charge in [0.2, 0.25) is 0 Å². The number of rotatable bonds is 3. The lowest BCUT2D eigenvalue weighted by Gasteiger charge is -2.36. The van der Waals surface area contributed by atoms with E-state index in [1.165, 1.54) is 11.4 Å². The third kappa shape index (κ3) is 2.37. The Morgan fingerprint density at radius 1 is 1.15 bits per heavy atom. The number of fused-ring (bicyclic) bond motifs is 1. The minimum absolute atomic E-state index is 0.576. The fraction of sp³-hybridized carbons (Fsp3) is 0.286. The second-order valence-electron chi connectivity index (χ2n) is 4.87. The molecule has 3 N–H and O–H groups in total. The first kappa shape index (κ1) is 12.7. The van der Waals surface area contributed by atoms with Crippen molar-refractivity contribution in [1.82, 2.24) is 9.97 Å². The van der Waals surface area contributed by atoms with Gasteiger partial charge >= 0.3 is 0 Å². The molecule has 1 aromatic carbocycles. The van der Waals surface area contributed by atoms with Crippen molar-refractivity contribution < 1.29 is 0 Å². The molecule has 3 rings (SSSR count). The Kier molecular flexibility index (Phi) is 3.39. The van der Waals surface area contributed by atoms with Crippen molar-refractivity contribution in [2.45, 2.75) is 6.54 Å². The number of nitrogen functional groups attached to an aromatic ring is 1. The van der Waals surface area contributed by atoms with Gasteiger partial charge in [-0.25, -0.2) is 10.8 Å². The van der Waals surface area contributed by atoms with Crippen LogP contribution < -0.4 is 21.1 Å². The molecular formula is C14H18N6. The van der Waals surface area contributed by atoms with E-state index in [-0.39, 0.29) is 0 Å². The average Bonchev–Trinajstić information content (AvgIpc) is 2.51. The zero-order valence-corrected chi connectivity index (χ0v) is 11.5. The number of benzene rings is 1. The Morgan fingerprint density at radius 2 is 1.95 bits per heavy atom. The lowest BCUT2D eigenvalue weighted by Crippen LogP contribution is -2.38. The smallest absolute Gasteiger partial charge is 0.158 e. The molecule has 0 spiro atoms. The number of hydrazine groups is 1. The van der Waals surface area contributed by atoms with Gasteiger partial charge in [0.05, 0.1) is 36.0 Å². The molecule has 2 aromatic rings. The van der Waals surface area contributed by atoms with Crippen molar-refractivity contribution in [1.29, 1.82) is 0 Å². The maximum absolute atomic E-state index is 5.29. The number of nitrogens with one attached hydrogen (secondary N) is 1. The third-order valence-electron chi connectivity index (χ3n) is 3.55. The van der Waals surface area contributed by atoms with Gasteiger partial charge in [-0.15, -0.1) is 0 Å². The Labute approximate surface area is 118 Å². The molecule has 20 heavy (non-hydrogen) atoms. The van der Waals surface area contributed by atoms with Crippen LogP contribution in [0.25, 0.3) is 0 Å². The number of hydrogen-bond acceptors (Lipinski definition) is 6. The largest absolute Gasteiger partial charge is 0.371 e. The Morgan fingerprint density at radius 3 is 2.65 bits per heavy atom. The highest BCUT2D eigenvalue weighted by Gasteiger charge is 2.20. The maximum atomic E-state index is 5.29. The quantitative estimate of drug-likeness (QED) is 0.645. The first-order valence-corrected chi connectivity index (χ1v) is 6.60. The van der Waals surface area contributed by atoms with Crippen LogP contribution in [0.2, 0.25) is 0 Å². The average molecular weight is 270 g/mol. The second-order valence-corrected chi connectivity index (χ2v) is 4.87. The molecule has 0 bridgehead atoms. The summed E-state index contributed by atoms with van der Waals surface area (Å²) in [6.07, 6.45) is 3.41. The van der Waals surface area contributed by atoms with Gasteiger partial charge in [0, 0.05) is 20.1 Å².